The molecule has 0 saturated carbocycles. The van der Waals surface area contributed by atoms with Gasteiger partial charge in [-0.2, -0.15) is 0 Å². The van der Waals surface area contributed by atoms with Crippen LogP contribution in [-0.2, 0) is 10.0 Å². The number of benzene rings is 2. The van der Waals surface area contributed by atoms with Gasteiger partial charge in [0.05, 0.1) is 16.4 Å². The van der Waals surface area contributed by atoms with E-state index in [-0.39, 0.29) is 9.92 Å². The van der Waals surface area contributed by atoms with Crippen LogP contribution in [0.4, 0.5) is 11.4 Å². The van der Waals surface area contributed by atoms with Crippen LogP contribution in [0.25, 0.3) is 0 Å². The van der Waals surface area contributed by atoms with Crippen LogP contribution >= 0.6 is 27.5 Å². The Morgan fingerprint density at radius 2 is 1.90 bits per heavy atom. The van der Waals surface area contributed by atoms with E-state index in [0.717, 1.165) is 5.56 Å². The van der Waals surface area contributed by atoms with Crippen LogP contribution in [0.1, 0.15) is 5.56 Å². The minimum atomic E-state index is -3.78. The molecule has 20 heavy (non-hydrogen) atoms. The molecule has 0 heterocycles. The highest BCUT2D eigenvalue weighted by molar-refractivity contribution is 9.10. The first-order valence-electron chi connectivity index (χ1n) is 5.63. The number of nitrogens with two attached hydrogens (primary N) is 1. The summed E-state index contributed by atoms with van der Waals surface area (Å²) in [4.78, 5) is 0.00303. The summed E-state index contributed by atoms with van der Waals surface area (Å²) >= 11 is 9.20. The highest BCUT2D eigenvalue weighted by atomic mass is 79.9. The Balaban J connectivity index is 2.43. The van der Waals surface area contributed by atoms with Crippen molar-refractivity contribution < 1.29 is 8.42 Å². The molecule has 0 aliphatic carbocycles. The van der Waals surface area contributed by atoms with Crippen molar-refractivity contribution in [2.24, 2.45) is 0 Å². The molecule has 0 spiro atoms. The van der Waals surface area contributed by atoms with E-state index in [0.29, 0.717) is 15.8 Å². The molecule has 106 valence electrons. The van der Waals surface area contributed by atoms with Gasteiger partial charge >= 0.3 is 0 Å². The van der Waals surface area contributed by atoms with E-state index in [1.165, 1.54) is 12.1 Å². The van der Waals surface area contributed by atoms with Gasteiger partial charge in [-0.05, 0) is 42.8 Å². The molecule has 3 N–H and O–H groups in total. The number of halogens is 2. The summed E-state index contributed by atoms with van der Waals surface area (Å²) in [6.07, 6.45) is 0. The van der Waals surface area contributed by atoms with Gasteiger partial charge in [-0.25, -0.2) is 8.42 Å². The first-order valence-corrected chi connectivity index (χ1v) is 8.29. The monoisotopic (exact) mass is 374 g/mol. The Kier molecular flexibility index (Phi) is 4.27. The van der Waals surface area contributed by atoms with E-state index < -0.39 is 10.0 Å². The van der Waals surface area contributed by atoms with Crippen LogP contribution in [0, 0.1) is 6.92 Å². The van der Waals surface area contributed by atoms with Gasteiger partial charge in [-0.3, -0.25) is 4.72 Å². The topological polar surface area (TPSA) is 72.2 Å². The van der Waals surface area contributed by atoms with Crippen LogP contribution in [0.5, 0.6) is 0 Å². The summed E-state index contributed by atoms with van der Waals surface area (Å²) in [5.41, 5.74) is 7.36. The van der Waals surface area contributed by atoms with Crippen LogP contribution in [0.3, 0.4) is 0 Å². The van der Waals surface area contributed by atoms with Crippen molar-refractivity contribution >= 4 is 48.9 Å². The minimum Gasteiger partial charge on any atom is -0.397 e. The quantitative estimate of drug-likeness (QED) is 0.802. The molecule has 4 nitrogen and oxygen atoms in total. The smallest absolute Gasteiger partial charge is 0.263 e. The zero-order valence-electron chi connectivity index (χ0n) is 10.5. The summed E-state index contributed by atoms with van der Waals surface area (Å²) in [5, 5.41) is 0.137. The van der Waals surface area contributed by atoms with E-state index in [4.69, 9.17) is 17.3 Å². The number of hydrogen-bond donors (Lipinski definition) is 2. The normalized spacial score (nSPS) is 11.3. The molecule has 0 saturated heterocycles. The maximum absolute atomic E-state index is 12.3. The predicted octanol–water partition coefficient (Wildman–Crippen LogP) is 3.79. The fraction of sp³-hybridized carbons (Fsp3) is 0.0769. The maximum Gasteiger partial charge on any atom is 0.263 e. The maximum atomic E-state index is 12.3. The Bertz CT molecular complexity index is 763. The number of nitrogens with one attached hydrogen (secondary N) is 1. The minimum absolute atomic E-state index is 0.00303. The molecule has 2 aromatic rings. The highest BCUT2D eigenvalue weighted by Crippen LogP contribution is 2.28. The van der Waals surface area contributed by atoms with Crippen molar-refractivity contribution in [3.63, 3.8) is 0 Å². The number of anilines is 2. The molecule has 0 aliphatic rings. The molecule has 0 fully saturated rings. The fourth-order valence-electron chi connectivity index (χ4n) is 1.65. The van der Waals surface area contributed by atoms with Crippen molar-refractivity contribution in [3.05, 3.63) is 51.5 Å². The molecule has 0 amide bonds. The van der Waals surface area contributed by atoms with E-state index in [2.05, 4.69) is 20.7 Å². The van der Waals surface area contributed by atoms with Crippen molar-refractivity contribution in [2.45, 2.75) is 11.8 Å². The van der Waals surface area contributed by atoms with Crippen LogP contribution in [0.15, 0.2) is 45.8 Å². The van der Waals surface area contributed by atoms with Crippen molar-refractivity contribution in [3.8, 4) is 0 Å². The van der Waals surface area contributed by atoms with Gasteiger partial charge in [-0.15, -0.1) is 0 Å². The highest BCUT2D eigenvalue weighted by Gasteiger charge is 2.19. The number of nitrogen functional groups attached to an aromatic ring is 1. The zero-order valence-corrected chi connectivity index (χ0v) is 13.7. The summed E-state index contributed by atoms with van der Waals surface area (Å²) in [6, 6.07) is 9.69. The second kappa shape index (κ2) is 5.63. The zero-order chi connectivity index (χ0) is 14.9. The molecule has 0 atom stereocenters. The third-order valence-electron chi connectivity index (χ3n) is 2.64. The number of hydrogen-bond acceptors (Lipinski definition) is 3. The first kappa shape index (κ1) is 15.2. The van der Waals surface area contributed by atoms with Crippen molar-refractivity contribution in [1.29, 1.82) is 0 Å². The average Bonchev–Trinajstić information content (AvgIpc) is 2.33. The van der Waals surface area contributed by atoms with Crippen molar-refractivity contribution in [2.75, 3.05) is 10.5 Å². The summed E-state index contributed by atoms with van der Waals surface area (Å²) in [6.45, 7) is 1.85. The number of sulfonamides is 1. The predicted molar refractivity (Wildman–Crippen MR) is 85.6 cm³/mol. The Hall–Kier alpha value is -1.24. The van der Waals surface area contributed by atoms with Gasteiger partial charge in [0.25, 0.3) is 10.0 Å². The Morgan fingerprint density at radius 3 is 2.55 bits per heavy atom. The summed E-state index contributed by atoms with van der Waals surface area (Å²) in [7, 11) is -3.78. The molecular weight excluding hydrogens is 364 g/mol. The Morgan fingerprint density at radius 1 is 1.20 bits per heavy atom. The van der Waals surface area contributed by atoms with Gasteiger partial charge in [0.2, 0.25) is 0 Å². The molecule has 2 aromatic carbocycles. The van der Waals surface area contributed by atoms with Crippen LogP contribution in [0.2, 0.25) is 5.02 Å². The van der Waals surface area contributed by atoms with Gasteiger partial charge in [0.1, 0.15) is 4.90 Å². The average molecular weight is 376 g/mol. The standard InChI is InChI=1S/C13H12BrClN2O2S/c1-8-2-4-11(16)12(6-8)17-20(18,19)13-5-3-9(14)7-10(13)15/h2-7,17H,16H2,1H3. The van der Waals surface area contributed by atoms with Gasteiger partial charge in [0.15, 0.2) is 0 Å². The van der Waals surface area contributed by atoms with Crippen LogP contribution in [-0.4, -0.2) is 8.42 Å². The summed E-state index contributed by atoms with van der Waals surface area (Å²) < 4.78 is 27.8. The van der Waals surface area contributed by atoms with Gasteiger partial charge in [-0.1, -0.05) is 33.6 Å². The molecule has 7 heteroatoms. The lowest BCUT2D eigenvalue weighted by molar-refractivity contribution is 0.601. The van der Waals surface area contributed by atoms with Crippen molar-refractivity contribution in [1.82, 2.24) is 0 Å². The third kappa shape index (κ3) is 3.26. The number of aryl methyl sites for hydroxylation is 1. The molecule has 0 unspecified atom stereocenters. The fourth-order valence-corrected chi connectivity index (χ4v) is 3.77. The van der Waals surface area contributed by atoms with E-state index >= 15 is 0 Å². The molecular formula is C13H12BrClN2O2S. The molecule has 0 aliphatic heterocycles. The second-order valence-electron chi connectivity index (χ2n) is 4.27. The number of rotatable bonds is 3. The lowest BCUT2D eigenvalue weighted by Gasteiger charge is -2.12. The molecule has 0 radical (unpaired) electrons. The summed E-state index contributed by atoms with van der Waals surface area (Å²) in [5.74, 6) is 0. The molecule has 2 rings (SSSR count). The third-order valence-corrected chi connectivity index (χ3v) is 4.98. The van der Waals surface area contributed by atoms with Crippen LogP contribution < -0.4 is 10.5 Å². The second-order valence-corrected chi connectivity index (χ2v) is 7.24. The van der Waals surface area contributed by atoms with E-state index in [1.54, 1.807) is 24.3 Å². The SMILES string of the molecule is Cc1ccc(N)c(NS(=O)(=O)c2ccc(Br)cc2Cl)c1. The molecule has 0 aromatic heterocycles. The Labute approximate surface area is 131 Å². The lowest BCUT2D eigenvalue weighted by Crippen LogP contribution is -2.14. The van der Waals surface area contributed by atoms with E-state index in [1.807, 2.05) is 6.92 Å². The van der Waals surface area contributed by atoms with E-state index in [9.17, 15) is 8.42 Å². The lowest BCUT2D eigenvalue weighted by atomic mass is 10.2. The first-order chi connectivity index (χ1) is 9.29. The van der Waals surface area contributed by atoms with Gasteiger partial charge in [0, 0.05) is 4.47 Å². The van der Waals surface area contributed by atoms with Gasteiger partial charge < -0.3 is 5.73 Å². The largest absolute Gasteiger partial charge is 0.397 e. The molecule has 0 bridgehead atoms.